The number of piperazine rings is 1. The van der Waals surface area contributed by atoms with Crippen LogP contribution in [0, 0.1) is 0 Å². The Labute approximate surface area is 177 Å². The van der Waals surface area contributed by atoms with Crippen LogP contribution in [0.15, 0.2) is 58.2 Å². The third kappa shape index (κ3) is 4.11. The number of amides is 1. The number of hydrogen-bond acceptors (Lipinski definition) is 6. The summed E-state index contributed by atoms with van der Waals surface area (Å²) >= 11 is 0.976. The highest BCUT2D eigenvalue weighted by Gasteiger charge is 2.32. The molecule has 0 spiro atoms. The third-order valence-electron chi connectivity index (χ3n) is 4.98. The Balaban J connectivity index is 1.41. The smallest absolute Gasteiger partial charge is 0.305 e. The van der Waals surface area contributed by atoms with Gasteiger partial charge in [0, 0.05) is 26.2 Å². The van der Waals surface area contributed by atoms with Gasteiger partial charge in [-0.2, -0.15) is 4.31 Å². The van der Waals surface area contributed by atoms with Gasteiger partial charge in [0.2, 0.25) is 10.0 Å². The first-order valence-electron chi connectivity index (χ1n) is 9.48. The molecule has 1 unspecified atom stereocenters. The molecule has 1 N–H and O–H groups in total. The maximum atomic E-state index is 13.0. The normalized spacial score (nSPS) is 16.5. The summed E-state index contributed by atoms with van der Waals surface area (Å²) in [6.07, 6.45) is -0.658. The van der Waals surface area contributed by atoms with Gasteiger partial charge in [-0.3, -0.25) is 9.59 Å². The minimum absolute atomic E-state index is 0.144. The van der Waals surface area contributed by atoms with Gasteiger partial charge in [-0.05, 0) is 37.3 Å². The number of para-hydroxylation sites is 1. The van der Waals surface area contributed by atoms with E-state index in [1.807, 2.05) is 18.2 Å². The summed E-state index contributed by atoms with van der Waals surface area (Å²) in [6.45, 7) is 2.68. The second-order valence-electron chi connectivity index (χ2n) is 6.97. The molecule has 30 heavy (non-hydrogen) atoms. The van der Waals surface area contributed by atoms with Crippen molar-refractivity contribution in [2.24, 2.45) is 0 Å². The number of aromatic amines is 1. The van der Waals surface area contributed by atoms with Crippen molar-refractivity contribution in [1.29, 1.82) is 0 Å². The van der Waals surface area contributed by atoms with Crippen molar-refractivity contribution in [3.8, 4) is 5.75 Å². The Morgan fingerprint density at radius 1 is 1.10 bits per heavy atom. The SMILES string of the molecule is CC(Oc1ccccc1)C(=O)N1CCN(S(=O)(=O)c2ccc3[nH]c(=O)sc3c2)CC1. The second-order valence-corrected chi connectivity index (χ2v) is 9.93. The van der Waals surface area contributed by atoms with Crippen molar-refractivity contribution in [2.45, 2.75) is 17.9 Å². The summed E-state index contributed by atoms with van der Waals surface area (Å²) in [5.74, 6) is 0.441. The number of nitrogens with one attached hydrogen (secondary N) is 1. The highest BCUT2D eigenvalue weighted by molar-refractivity contribution is 7.89. The first-order valence-corrected chi connectivity index (χ1v) is 11.7. The number of carbonyl (C=O) groups excluding carboxylic acids is 1. The minimum Gasteiger partial charge on any atom is -0.481 e. The molecule has 3 aromatic rings. The average molecular weight is 448 g/mol. The number of carbonyl (C=O) groups is 1. The lowest BCUT2D eigenvalue weighted by Crippen LogP contribution is -2.53. The molecule has 1 atom stereocenters. The molecule has 10 heteroatoms. The number of aromatic nitrogens is 1. The largest absolute Gasteiger partial charge is 0.481 e. The molecule has 1 fully saturated rings. The van der Waals surface area contributed by atoms with E-state index in [2.05, 4.69) is 4.98 Å². The Morgan fingerprint density at radius 3 is 2.50 bits per heavy atom. The van der Waals surface area contributed by atoms with Gasteiger partial charge in [0.15, 0.2) is 6.10 Å². The molecule has 0 aliphatic carbocycles. The van der Waals surface area contributed by atoms with Crippen molar-refractivity contribution >= 4 is 37.5 Å². The summed E-state index contributed by atoms with van der Waals surface area (Å²) in [5.41, 5.74) is 0.617. The van der Waals surface area contributed by atoms with Gasteiger partial charge in [0.1, 0.15) is 5.75 Å². The second kappa shape index (κ2) is 8.21. The van der Waals surface area contributed by atoms with Gasteiger partial charge >= 0.3 is 4.87 Å². The number of benzene rings is 2. The van der Waals surface area contributed by atoms with Crippen LogP contribution in [0.25, 0.3) is 10.2 Å². The number of nitrogens with zero attached hydrogens (tertiary/aromatic N) is 2. The molecule has 0 radical (unpaired) electrons. The predicted molar refractivity (Wildman–Crippen MR) is 114 cm³/mol. The molecule has 0 saturated carbocycles. The summed E-state index contributed by atoms with van der Waals surface area (Å²) in [6, 6.07) is 13.7. The number of rotatable bonds is 5. The molecule has 158 valence electrons. The van der Waals surface area contributed by atoms with Crippen molar-refractivity contribution in [2.75, 3.05) is 26.2 Å². The molecular weight excluding hydrogens is 426 g/mol. The molecule has 1 saturated heterocycles. The van der Waals surface area contributed by atoms with E-state index in [1.165, 1.54) is 16.4 Å². The van der Waals surface area contributed by atoms with Crippen LogP contribution in [0.2, 0.25) is 0 Å². The number of thiazole rings is 1. The number of ether oxygens (including phenoxy) is 1. The lowest BCUT2D eigenvalue weighted by atomic mass is 10.3. The van der Waals surface area contributed by atoms with Crippen molar-refractivity contribution in [3.05, 3.63) is 58.2 Å². The van der Waals surface area contributed by atoms with Gasteiger partial charge in [-0.15, -0.1) is 0 Å². The lowest BCUT2D eigenvalue weighted by Gasteiger charge is -2.35. The van der Waals surface area contributed by atoms with Crippen molar-refractivity contribution in [3.63, 3.8) is 0 Å². The molecule has 0 bridgehead atoms. The third-order valence-corrected chi connectivity index (χ3v) is 7.72. The standard InChI is InChI=1S/C20H21N3O5S2/c1-14(28-15-5-3-2-4-6-15)19(24)22-9-11-23(12-10-22)30(26,27)16-7-8-17-18(13-16)29-20(25)21-17/h2-8,13-14H,9-12H2,1H3,(H,21,25). The van der Waals surface area contributed by atoms with Gasteiger partial charge in [0.25, 0.3) is 5.91 Å². The van der Waals surface area contributed by atoms with E-state index in [-0.39, 0.29) is 28.8 Å². The maximum absolute atomic E-state index is 13.0. The number of hydrogen-bond donors (Lipinski definition) is 1. The van der Waals surface area contributed by atoms with Gasteiger partial charge < -0.3 is 14.6 Å². The highest BCUT2D eigenvalue weighted by atomic mass is 32.2. The Bertz CT molecular complexity index is 1210. The average Bonchev–Trinajstić information content (AvgIpc) is 3.13. The monoisotopic (exact) mass is 447 g/mol. The molecule has 1 aliphatic rings. The molecule has 1 aromatic heterocycles. The van der Waals surface area contributed by atoms with Crippen LogP contribution >= 0.6 is 11.3 Å². The van der Waals surface area contributed by atoms with Gasteiger partial charge in [-0.25, -0.2) is 8.42 Å². The van der Waals surface area contributed by atoms with Crippen LogP contribution < -0.4 is 9.61 Å². The summed E-state index contributed by atoms with van der Waals surface area (Å²) in [4.78, 5) is 28.4. The van der Waals surface area contributed by atoms with Crippen molar-refractivity contribution < 1.29 is 17.9 Å². The number of fused-ring (bicyclic) bond motifs is 1. The Morgan fingerprint density at radius 2 is 1.80 bits per heavy atom. The van der Waals surface area contributed by atoms with E-state index in [1.54, 1.807) is 30.0 Å². The quantitative estimate of drug-likeness (QED) is 0.644. The molecule has 1 amide bonds. The zero-order valence-corrected chi connectivity index (χ0v) is 17.9. The maximum Gasteiger partial charge on any atom is 0.305 e. The molecule has 4 rings (SSSR count). The van der Waals surface area contributed by atoms with E-state index >= 15 is 0 Å². The lowest BCUT2D eigenvalue weighted by molar-refractivity contribution is -0.139. The highest BCUT2D eigenvalue weighted by Crippen LogP contribution is 2.23. The van der Waals surface area contributed by atoms with E-state index in [4.69, 9.17) is 4.74 Å². The van der Waals surface area contributed by atoms with Crippen LogP contribution in [0.5, 0.6) is 5.75 Å². The fourth-order valence-corrected chi connectivity index (χ4v) is 5.69. The van der Waals surface area contributed by atoms with Crippen LogP contribution in [0.1, 0.15) is 6.92 Å². The first kappa shape index (κ1) is 20.6. The molecule has 2 aromatic carbocycles. The van der Waals surface area contributed by atoms with Crippen molar-refractivity contribution in [1.82, 2.24) is 14.2 Å². The van der Waals surface area contributed by atoms with Crippen LogP contribution in [-0.4, -0.2) is 60.8 Å². The van der Waals surface area contributed by atoms with E-state index in [0.717, 1.165) is 11.3 Å². The summed E-state index contributed by atoms with van der Waals surface area (Å²) in [5, 5.41) is 0. The first-order chi connectivity index (χ1) is 14.3. The fourth-order valence-electron chi connectivity index (χ4n) is 3.39. The molecule has 1 aliphatic heterocycles. The van der Waals surface area contributed by atoms with E-state index in [9.17, 15) is 18.0 Å². The molecular formula is C20H21N3O5S2. The summed E-state index contributed by atoms with van der Waals surface area (Å²) in [7, 11) is -3.71. The van der Waals surface area contributed by atoms with E-state index in [0.29, 0.717) is 29.1 Å². The predicted octanol–water partition coefficient (Wildman–Crippen LogP) is 1.89. The topological polar surface area (TPSA) is 99.8 Å². The molecule has 8 nitrogen and oxygen atoms in total. The van der Waals surface area contributed by atoms with Crippen LogP contribution in [-0.2, 0) is 14.8 Å². The zero-order valence-electron chi connectivity index (χ0n) is 16.3. The molecule has 2 heterocycles. The van der Waals surface area contributed by atoms with Gasteiger partial charge in [0.05, 0.1) is 15.1 Å². The zero-order chi connectivity index (χ0) is 21.3. The van der Waals surface area contributed by atoms with Crippen LogP contribution in [0.3, 0.4) is 0 Å². The fraction of sp³-hybridized carbons (Fsp3) is 0.300. The Kier molecular flexibility index (Phi) is 5.63. The number of H-pyrrole nitrogens is 1. The summed E-state index contributed by atoms with van der Waals surface area (Å²) < 4.78 is 33.7. The minimum atomic E-state index is -3.71. The van der Waals surface area contributed by atoms with E-state index < -0.39 is 16.1 Å². The number of sulfonamides is 1. The van der Waals surface area contributed by atoms with Gasteiger partial charge in [-0.1, -0.05) is 29.5 Å². The Hall–Kier alpha value is -2.69. The van der Waals surface area contributed by atoms with Crippen LogP contribution in [0.4, 0.5) is 0 Å².